The lowest BCUT2D eigenvalue weighted by molar-refractivity contribution is -0.666. The summed E-state index contributed by atoms with van der Waals surface area (Å²) in [6.45, 7) is 13.0. The fraction of sp³-hybridized carbons (Fsp3) is 0.833. The number of hydrogen-bond donors (Lipinski definition) is 1. The Morgan fingerprint density at radius 1 is 1.50 bits per heavy atom. The summed E-state index contributed by atoms with van der Waals surface area (Å²) in [6.07, 6.45) is 2.86. The van der Waals surface area contributed by atoms with Gasteiger partial charge in [-0.2, -0.15) is 0 Å². The Kier molecular flexibility index (Phi) is 4.63. The van der Waals surface area contributed by atoms with Crippen molar-refractivity contribution in [3.8, 4) is 0 Å². The zero-order valence-electron chi connectivity index (χ0n) is 9.75. The standard InChI is InChI=1S/C12H23NO/c1-9(2)7-13-8-12-6-10(3)5-11(4)14-12/h9,11-13H,3,5-8H2,1-2,4H3/p+1/t11-,12-/m1/s1. The van der Waals surface area contributed by atoms with Crippen LogP contribution in [-0.2, 0) is 4.74 Å². The van der Waals surface area contributed by atoms with Gasteiger partial charge in [-0.25, -0.2) is 0 Å². The molecule has 0 saturated carbocycles. The van der Waals surface area contributed by atoms with E-state index in [0.717, 1.165) is 25.3 Å². The molecule has 0 aromatic carbocycles. The first-order valence-corrected chi connectivity index (χ1v) is 5.71. The van der Waals surface area contributed by atoms with Crippen LogP contribution in [0.3, 0.4) is 0 Å². The number of ether oxygens (including phenoxy) is 1. The van der Waals surface area contributed by atoms with Gasteiger partial charge in [0.1, 0.15) is 12.6 Å². The van der Waals surface area contributed by atoms with E-state index in [-0.39, 0.29) is 0 Å². The van der Waals surface area contributed by atoms with E-state index >= 15 is 0 Å². The predicted octanol–water partition coefficient (Wildman–Crippen LogP) is 1.33. The zero-order valence-corrected chi connectivity index (χ0v) is 9.75. The van der Waals surface area contributed by atoms with Crippen LogP contribution in [0.1, 0.15) is 33.6 Å². The van der Waals surface area contributed by atoms with E-state index in [9.17, 15) is 0 Å². The fourth-order valence-corrected chi connectivity index (χ4v) is 1.99. The Balaban J connectivity index is 2.20. The van der Waals surface area contributed by atoms with Crippen LogP contribution >= 0.6 is 0 Å². The van der Waals surface area contributed by atoms with Crippen LogP contribution in [0.2, 0.25) is 0 Å². The SMILES string of the molecule is C=C1C[C@H](C[NH2+]CC(C)C)O[C@H](C)C1. The molecule has 0 spiro atoms. The summed E-state index contributed by atoms with van der Waals surface area (Å²) in [5.41, 5.74) is 1.35. The molecule has 2 heteroatoms. The third-order valence-electron chi connectivity index (χ3n) is 2.58. The van der Waals surface area contributed by atoms with Gasteiger partial charge in [-0.1, -0.05) is 26.0 Å². The molecule has 1 fully saturated rings. The van der Waals surface area contributed by atoms with Gasteiger partial charge in [0.05, 0.1) is 12.6 Å². The van der Waals surface area contributed by atoms with Crippen LogP contribution in [0, 0.1) is 5.92 Å². The van der Waals surface area contributed by atoms with Crippen molar-refractivity contribution in [3.63, 3.8) is 0 Å². The molecule has 0 aliphatic carbocycles. The topological polar surface area (TPSA) is 25.8 Å². The van der Waals surface area contributed by atoms with E-state index < -0.39 is 0 Å². The maximum Gasteiger partial charge on any atom is 0.110 e. The van der Waals surface area contributed by atoms with Crippen molar-refractivity contribution in [1.29, 1.82) is 0 Å². The van der Waals surface area contributed by atoms with Crippen molar-refractivity contribution in [2.45, 2.75) is 45.8 Å². The molecule has 1 aliphatic heterocycles. The first-order chi connectivity index (χ1) is 6.58. The van der Waals surface area contributed by atoms with Gasteiger partial charge in [0.2, 0.25) is 0 Å². The van der Waals surface area contributed by atoms with Crippen molar-refractivity contribution < 1.29 is 10.1 Å². The molecule has 1 saturated heterocycles. The predicted molar refractivity (Wildman–Crippen MR) is 59.2 cm³/mol. The summed E-state index contributed by atoms with van der Waals surface area (Å²) < 4.78 is 5.85. The van der Waals surface area contributed by atoms with Crippen molar-refractivity contribution in [3.05, 3.63) is 12.2 Å². The number of hydrogen-bond acceptors (Lipinski definition) is 1. The second kappa shape index (κ2) is 5.52. The van der Waals surface area contributed by atoms with Gasteiger partial charge in [-0.3, -0.25) is 0 Å². The minimum Gasteiger partial charge on any atom is -0.369 e. The maximum atomic E-state index is 5.85. The molecular weight excluding hydrogens is 174 g/mol. The van der Waals surface area contributed by atoms with E-state index in [2.05, 4.69) is 32.7 Å². The van der Waals surface area contributed by atoms with E-state index in [1.807, 2.05) is 0 Å². The maximum absolute atomic E-state index is 5.85. The number of nitrogens with two attached hydrogens (primary N) is 1. The zero-order chi connectivity index (χ0) is 10.6. The van der Waals surface area contributed by atoms with E-state index in [1.54, 1.807) is 0 Å². The van der Waals surface area contributed by atoms with E-state index in [0.29, 0.717) is 12.2 Å². The Hall–Kier alpha value is -0.340. The fourth-order valence-electron chi connectivity index (χ4n) is 1.99. The van der Waals surface area contributed by atoms with Crippen molar-refractivity contribution in [1.82, 2.24) is 0 Å². The van der Waals surface area contributed by atoms with Crippen LogP contribution < -0.4 is 5.32 Å². The molecule has 0 aromatic heterocycles. The molecule has 1 heterocycles. The van der Waals surface area contributed by atoms with Crippen LogP contribution in [0.25, 0.3) is 0 Å². The molecule has 2 nitrogen and oxygen atoms in total. The average Bonchev–Trinajstić information content (AvgIpc) is 2.01. The summed E-state index contributed by atoms with van der Waals surface area (Å²) in [6, 6.07) is 0. The van der Waals surface area contributed by atoms with Gasteiger partial charge in [0.15, 0.2) is 0 Å². The molecule has 0 aromatic rings. The van der Waals surface area contributed by atoms with Crippen molar-refractivity contribution in [2.75, 3.05) is 13.1 Å². The third kappa shape index (κ3) is 4.25. The summed E-state index contributed by atoms with van der Waals surface area (Å²) in [5, 5.41) is 2.36. The molecule has 0 unspecified atom stereocenters. The van der Waals surface area contributed by atoms with Gasteiger partial charge in [-0.15, -0.1) is 0 Å². The molecule has 0 amide bonds. The summed E-state index contributed by atoms with van der Waals surface area (Å²) in [5.74, 6) is 0.763. The Labute approximate surface area is 87.7 Å². The van der Waals surface area contributed by atoms with E-state index in [1.165, 1.54) is 12.1 Å². The highest BCUT2D eigenvalue weighted by Gasteiger charge is 2.22. The quantitative estimate of drug-likeness (QED) is 0.678. The second-order valence-electron chi connectivity index (χ2n) is 4.88. The lowest BCUT2D eigenvalue weighted by Crippen LogP contribution is -2.87. The van der Waals surface area contributed by atoms with Crippen LogP contribution in [0.4, 0.5) is 0 Å². The van der Waals surface area contributed by atoms with Gasteiger partial charge < -0.3 is 10.1 Å². The largest absolute Gasteiger partial charge is 0.369 e. The van der Waals surface area contributed by atoms with Gasteiger partial charge >= 0.3 is 0 Å². The molecule has 0 radical (unpaired) electrons. The third-order valence-corrected chi connectivity index (χ3v) is 2.58. The van der Waals surface area contributed by atoms with Gasteiger partial charge in [0.25, 0.3) is 0 Å². The minimum atomic E-state index is 0.369. The molecule has 2 N–H and O–H groups in total. The first-order valence-electron chi connectivity index (χ1n) is 5.71. The normalized spacial score (nSPS) is 28.4. The highest BCUT2D eigenvalue weighted by molar-refractivity contribution is 5.01. The molecule has 0 bridgehead atoms. The van der Waals surface area contributed by atoms with E-state index in [4.69, 9.17) is 4.74 Å². The summed E-state index contributed by atoms with van der Waals surface area (Å²) in [7, 11) is 0. The average molecular weight is 198 g/mol. The second-order valence-corrected chi connectivity index (χ2v) is 4.88. The molecule has 1 aliphatic rings. The van der Waals surface area contributed by atoms with Crippen molar-refractivity contribution in [2.24, 2.45) is 5.92 Å². The highest BCUT2D eigenvalue weighted by atomic mass is 16.5. The van der Waals surface area contributed by atoms with Gasteiger partial charge in [0, 0.05) is 5.92 Å². The number of rotatable bonds is 4. The lowest BCUT2D eigenvalue weighted by atomic mass is 10.00. The Bertz CT molecular complexity index is 189. The Morgan fingerprint density at radius 3 is 2.79 bits per heavy atom. The van der Waals surface area contributed by atoms with Crippen LogP contribution in [-0.4, -0.2) is 25.3 Å². The molecule has 82 valence electrons. The lowest BCUT2D eigenvalue weighted by Gasteiger charge is -2.28. The highest BCUT2D eigenvalue weighted by Crippen LogP contribution is 2.21. The van der Waals surface area contributed by atoms with Crippen molar-refractivity contribution >= 4 is 0 Å². The molecular formula is C12H24NO+. The Morgan fingerprint density at radius 2 is 2.21 bits per heavy atom. The molecule has 14 heavy (non-hydrogen) atoms. The van der Waals surface area contributed by atoms with Crippen LogP contribution in [0.5, 0.6) is 0 Å². The van der Waals surface area contributed by atoms with Gasteiger partial charge in [-0.05, 0) is 19.8 Å². The first kappa shape index (κ1) is 11.7. The summed E-state index contributed by atoms with van der Waals surface area (Å²) in [4.78, 5) is 0. The summed E-state index contributed by atoms with van der Waals surface area (Å²) >= 11 is 0. The monoisotopic (exact) mass is 198 g/mol. The number of quaternary nitrogens is 1. The smallest absolute Gasteiger partial charge is 0.110 e. The minimum absolute atomic E-state index is 0.369. The molecule has 1 rings (SSSR count). The molecule has 2 atom stereocenters. The van der Waals surface area contributed by atoms with Crippen LogP contribution in [0.15, 0.2) is 12.2 Å².